The van der Waals surface area contributed by atoms with Gasteiger partial charge in [-0.25, -0.2) is 19.9 Å². The lowest BCUT2D eigenvalue weighted by Gasteiger charge is -2.29. The number of aliphatic hydroxyl groups is 4. The quantitative estimate of drug-likeness (QED) is 0.0226. The molecule has 744 valence electrons. The molecule has 4 fully saturated rings. The molecule has 16 atom stereocenters. The Kier molecular flexibility index (Phi) is 34.9. The van der Waals surface area contributed by atoms with E-state index in [-0.39, 0.29) is 147 Å². The standard InChI is InChI=1S/4C26H32N4O4S/c4*1-14(2)23(22-10-15(3)29-34-22)26(33)30-12-20(31)11-21(30)25(32)28-16(4)18-6-8-19(9-7-18)24-17(5)27-13-35-24/h4*6-10,13-14,16,20-21,23,31H,11-12H2,1-5H3,(H,28,32)/t16-,20+,21-,23+;16-,20+,21-,23-;16-,20-,21-,23+;16-,20-,21-,23-/m0000/s1. The van der Waals surface area contributed by atoms with E-state index in [1.807, 2.05) is 230 Å². The van der Waals surface area contributed by atoms with Gasteiger partial charge in [-0.3, -0.25) is 38.4 Å². The maximum Gasteiger partial charge on any atom is 0.243 e. The first-order chi connectivity index (χ1) is 66.6. The summed E-state index contributed by atoms with van der Waals surface area (Å²) >= 11 is 6.39. The number of amides is 8. The summed E-state index contributed by atoms with van der Waals surface area (Å²) in [6.07, 6.45) is -2.20. The van der Waals surface area contributed by atoms with Gasteiger partial charge in [0.2, 0.25) is 47.3 Å². The maximum atomic E-state index is 13.5. The van der Waals surface area contributed by atoms with Crippen LogP contribution in [-0.2, 0) is 38.4 Å². The molecule has 16 rings (SSSR count). The number of rotatable bonds is 28. The van der Waals surface area contributed by atoms with Crippen LogP contribution in [-0.4, -0.2) is 203 Å². The number of hydrogen-bond donors (Lipinski definition) is 8. The van der Waals surface area contributed by atoms with Crippen molar-refractivity contribution >= 4 is 92.6 Å². The fourth-order valence-electron chi connectivity index (χ4n) is 18.6. The van der Waals surface area contributed by atoms with Crippen molar-refractivity contribution in [3.05, 3.63) is 234 Å². The summed E-state index contributed by atoms with van der Waals surface area (Å²) in [6, 6.07) is 35.2. The van der Waals surface area contributed by atoms with E-state index in [1.54, 1.807) is 97.3 Å². The second-order valence-corrected chi connectivity index (χ2v) is 41.8. The van der Waals surface area contributed by atoms with Crippen molar-refractivity contribution in [3.63, 3.8) is 0 Å². The lowest BCUT2D eigenvalue weighted by Crippen LogP contribution is -2.48. The first kappa shape index (κ1) is 105. The minimum atomic E-state index is -0.754. The van der Waals surface area contributed by atoms with Crippen molar-refractivity contribution in [3.8, 4) is 41.8 Å². The van der Waals surface area contributed by atoms with E-state index < -0.39 is 72.3 Å². The largest absolute Gasteiger partial charge is 0.391 e. The molecule has 140 heavy (non-hydrogen) atoms. The average Bonchev–Trinajstić information content (AvgIpc) is 1.44. The number of thiazole rings is 4. The number of aromatic nitrogens is 8. The van der Waals surface area contributed by atoms with E-state index >= 15 is 0 Å². The zero-order valence-electron chi connectivity index (χ0n) is 82.7. The van der Waals surface area contributed by atoms with Gasteiger partial charge >= 0.3 is 0 Å². The monoisotopic (exact) mass is 1980 g/mol. The molecular formula is C104H128N16O16S4. The fourth-order valence-corrected chi connectivity index (χ4v) is 21.8. The SMILES string of the molecule is Cc1cc([C@@H](C(=O)N2C[C@@H](O)C[C@H]2C(=O)N[C@@H](C)c2ccc(-c3scnc3C)cc2)C(C)C)on1.Cc1cc([C@@H](C(=O)N2C[C@H](O)C[C@H]2C(=O)N[C@@H](C)c2ccc(-c3scnc3C)cc2)C(C)C)on1.Cc1cc([C@H](C(=O)N2C[C@@H](O)C[C@H]2C(=O)N[C@@H](C)c2ccc(-c3scnc3C)cc2)C(C)C)on1.Cc1cc([C@H](C(=O)N2C[C@H](O)C[C@H]2C(=O)N[C@@H](C)c2ccc(-c3scnc3C)cc2)C(C)C)on1. The van der Waals surface area contributed by atoms with E-state index in [9.17, 15) is 58.8 Å². The number of β-amino-alcohol motifs (C(OH)–C–C–N with tert-alkyl or cyclic N) is 4. The minimum Gasteiger partial charge on any atom is -0.391 e. The molecule has 8 amide bonds. The average molecular weight is 1990 g/mol. The fraction of sp³-hybridized carbons (Fsp3) is 0.462. The van der Waals surface area contributed by atoms with Gasteiger partial charge in [0.25, 0.3) is 0 Å². The van der Waals surface area contributed by atoms with Crippen LogP contribution in [0.2, 0.25) is 0 Å². The van der Waals surface area contributed by atoms with Crippen molar-refractivity contribution in [2.75, 3.05) is 26.2 Å². The van der Waals surface area contributed by atoms with Gasteiger partial charge in [0.05, 0.1) is 136 Å². The Morgan fingerprint density at radius 1 is 0.300 bits per heavy atom. The Morgan fingerprint density at radius 2 is 0.479 bits per heavy atom. The van der Waals surface area contributed by atoms with Crippen LogP contribution in [0.4, 0.5) is 0 Å². The highest BCUT2D eigenvalue weighted by molar-refractivity contribution is 7.14. The van der Waals surface area contributed by atoms with Crippen LogP contribution in [0.1, 0.15) is 247 Å². The third-order valence-corrected chi connectivity index (χ3v) is 30.0. The number of likely N-dealkylation sites (tertiary alicyclic amines) is 4. The molecule has 0 unspecified atom stereocenters. The summed E-state index contributed by atoms with van der Waals surface area (Å²) in [5.41, 5.74) is 22.3. The normalized spacial score (nSPS) is 19.7. The van der Waals surface area contributed by atoms with E-state index in [0.717, 1.165) is 86.8 Å². The summed E-state index contributed by atoms with van der Waals surface area (Å²) in [5, 5.41) is 69.2. The summed E-state index contributed by atoms with van der Waals surface area (Å²) < 4.78 is 21.6. The Labute approximate surface area is 831 Å². The van der Waals surface area contributed by atoms with Crippen molar-refractivity contribution in [2.24, 2.45) is 23.7 Å². The molecule has 32 nitrogen and oxygen atoms in total. The van der Waals surface area contributed by atoms with Crippen LogP contribution < -0.4 is 21.3 Å². The summed E-state index contributed by atoms with van der Waals surface area (Å²) in [7, 11) is 0. The van der Waals surface area contributed by atoms with Crippen molar-refractivity contribution in [1.29, 1.82) is 0 Å². The van der Waals surface area contributed by atoms with Gasteiger partial charge in [0, 0.05) is 76.1 Å². The molecule has 4 aliphatic rings. The van der Waals surface area contributed by atoms with E-state index in [2.05, 4.69) is 61.8 Å². The predicted molar refractivity (Wildman–Crippen MR) is 535 cm³/mol. The molecular weight excluding hydrogens is 1860 g/mol. The molecule has 12 heterocycles. The molecule has 0 bridgehead atoms. The van der Waals surface area contributed by atoms with Gasteiger partial charge in [0.1, 0.15) is 70.9 Å². The Hall–Kier alpha value is -12.2. The number of aliphatic hydroxyl groups excluding tert-OH is 4. The van der Waals surface area contributed by atoms with E-state index in [0.29, 0.717) is 45.8 Å². The van der Waals surface area contributed by atoms with E-state index in [1.165, 1.54) is 19.6 Å². The van der Waals surface area contributed by atoms with Gasteiger partial charge in [-0.15, -0.1) is 45.3 Å². The smallest absolute Gasteiger partial charge is 0.243 e. The van der Waals surface area contributed by atoms with Crippen LogP contribution in [0.5, 0.6) is 0 Å². The van der Waals surface area contributed by atoms with Gasteiger partial charge in [-0.1, -0.05) is 173 Å². The van der Waals surface area contributed by atoms with Crippen molar-refractivity contribution in [1.82, 2.24) is 81.4 Å². The molecule has 0 saturated carbocycles. The first-order valence-electron chi connectivity index (χ1n) is 47.5. The van der Waals surface area contributed by atoms with Gasteiger partial charge in [0.15, 0.2) is 0 Å². The second kappa shape index (κ2) is 46.5. The molecule has 4 saturated heterocycles. The number of nitrogens with zero attached hydrogens (tertiary/aromatic N) is 12. The third-order valence-electron chi connectivity index (χ3n) is 26.1. The lowest BCUT2D eigenvalue weighted by molar-refractivity contribution is -0.141. The molecule has 12 aromatic rings. The third kappa shape index (κ3) is 25.0. The van der Waals surface area contributed by atoms with Gasteiger partial charge in [-0.05, 0) is 151 Å². The Morgan fingerprint density at radius 3 is 0.621 bits per heavy atom. The molecule has 0 spiro atoms. The molecule has 4 aliphatic heterocycles. The van der Waals surface area contributed by atoms with Gasteiger partial charge in [-0.2, -0.15) is 0 Å². The van der Waals surface area contributed by atoms with Crippen LogP contribution in [0, 0.1) is 79.1 Å². The number of carbonyl (C=O) groups is 8. The zero-order valence-corrected chi connectivity index (χ0v) is 86.0. The molecule has 0 radical (unpaired) electrons. The molecule has 8 N–H and O–H groups in total. The van der Waals surface area contributed by atoms with Crippen LogP contribution >= 0.6 is 45.3 Å². The Bertz CT molecular complexity index is 5490. The molecule has 36 heteroatoms. The topological polar surface area (TPSA) is 434 Å². The lowest BCUT2D eigenvalue weighted by atomic mass is 9.91. The summed E-state index contributed by atoms with van der Waals surface area (Å²) in [4.78, 5) is 135. The highest BCUT2D eigenvalue weighted by Crippen LogP contribution is 2.40. The summed E-state index contributed by atoms with van der Waals surface area (Å²) in [6.45, 7) is 38.7. The van der Waals surface area contributed by atoms with Crippen LogP contribution in [0.25, 0.3) is 41.8 Å². The zero-order chi connectivity index (χ0) is 101. The number of benzene rings is 4. The van der Waals surface area contributed by atoms with Crippen molar-refractivity contribution < 1.29 is 76.9 Å². The number of nitrogens with one attached hydrogen (secondary N) is 4. The predicted octanol–water partition coefficient (Wildman–Crippen LogP) is 16.0. The van der Waals surface area contributed by atoms with Crippen LogP contribution in [0.15, 0.2) is 161 Å². The Balaban J connectivity index is 0.000000157. The van der Waals surface area contributed by atoms with Crippen molar-refractivity contribution in [2.45, 2.75) is 261 Å². The number of hydrogen-bond acceptors (Lipinski definition) is 28. The summed E-state index contributed by atoms with van der Waals surface area (Å²) in [5.74, 6) is -2.64. The van der Waals surface area contributed by atoms with Crippen LogP contribution in [0.3, 0.4) is 0 Å². The molecule has 0 aliphatic carbocycles. The second-order valence-electron chi connectivity index (χ2n) is 38.4. The highest BCUT2D eigenvalue weighted by atomic mass is 32.1. The highest BCUT2D eigenvalue weighted by Gasteiger charge is 2.49. The van der Waals surface area contributed by atoms with Gasteiger partial charge < -0.3 is 79.4 Å². The number of aryl methyl sites for hydroxylation is 8. The number of carbonyl (C=O) groups excluding carboxylic acids is 8. The van der Waals surface area contributed by atoms with E-state index in [4.69, 9.17) is 18.1 Å². The minimum absolute atomic E-state index is 0.0593. The maximum absolute atomic E-state index is 13.5. The molecule has 4 aromatic carbocycles. The molecule has 8 aromatic heterocycles. The first-order valence-corrected chi connectivity index (χ1v) is 51.0.